The number of ether oxygens (including phenoxy) is 1. The molecule has 0 aliphatic carbocycles. The fourth-order valence-corrected chi connectivity index (χ4v) is 3.68. The Bertz CT molecular complexity index is 907. The first-order valence-corrected chi connectivity index (χ1v) is 9.95. The van der Waals surface area contributed by atoms with Crippen molar-refractivity contribution >= 4 is 11.6 Å². The van der Waals surface area contributed by atoms with E-state index in [0.717, 1.165) is 30.5 Å². The number of methoxy groups -OCH3 is 1. The van der Waals surface area contributed by atoms with Crippen LogP contribution in [0.2, 0.25) is 0 Å². The maximum Gasteiger partial charge on any atom is 0.266 e. The molecule has 1 fully saturated rings. The van der Waals surface area contributed by atoms with Crippen LogP contribution in [0.5, 0.6) is 5.75 Å². The van der Waals surface area contributed by atoms with Crippen LogP contribution in [0.15, 0.2) is 60.3 Å². The van der Waals surface area contributed by atoms with Crippen LogP contribution in [0, 0.1) is 24.2 Å². The van der Waals surface area contributed by atoms with Crippen LogP contribution in [0.1, 0.15) is 24.0 Å². The molecule has 1 saturated heterocycles. The van der Waals surface area contributed by atoms with Gasteiger partial charge in [0.05, 0.1) is 12.8 Å². The number of amides is 1. The van der Waals surface area contributed by atoms with Gasteiger partial charge in [-0.25, -0.2) is 0 Å². The lowest BCUT2D eigenvalue weighted by Crippen LogP contribution is -2.39. The van der Waals surface area contributed by atoms with Gasteiger partial charge in [0.2, 0.25) is 0 Å². The molecular formula is C24H27N3O2. The number of hydrogen-bond acceptors (Lipinski definition) is 4. The Balaban J connectivity index is 1.60. The van der Waals surface area contributed by atoms with E-state index in [0.29, 0.717) is 24.8 Å². The fourth-order valence-electron chi connectivity index (χ4n) is 3.68. The minimum atomic E-state index is -0.218. The highest BCUT2D eigenvalue weighted by Gasteiger charge is 2.25. The van der Waals surface area contributed by atoms with Crippen LogP contribution >= 0.6 is 0 Å². The summed E-state index contributed by atoms with van der Waals surface area (Å²) in [6.07, 6.45) is 4.44. The zero-order chi connectivity index (χ0) is 20.6. The number of piperidine rings is 1. The Labute approximate surface area is 172 Å². The zero-order valence-electron chi connectivity index (χ0n) is 17.0. The molecule has 0 spiro atoms. The van der Waals surface area contributed by atoms with Gasteiger partial charge in [-0.3, -0.25) is 4.79 Å². The minimum Gasteiger partial charge on any atom is -0.495 e. The summed E-state index contributed by atoms with van der Waals surface area (Å²) in [4.78, 5) is 14.6. The van der Waals surface area contributed by atoms with Crippen LogP contribution in [0.25, 0.3) is 0 Å². The van der Waals surface area contributed by atoms with Crippen LogP contribution in [0.4, 0.5) is 5.69 Å². The van der Waals surface area contributed by atoms with Gasteiger partial charge in [0.1, 0.15) is 17.4 Å². The van der Waals surface area contributed by atoms with Crippen molar-refractivity contribution in [2.45, 2.75) is 26.2 Å². The standard InChI is InChI=1S/C24H27N3O2/c1-18-8-9-23(29-2)22(14-18)26-17-21(16-25)24(28)27-12-10-20(11-13-27)15-19-6-4-3-5-7-19/h3-9,14,17,20,26H,10-13,15H2,1-2H3/b21-17-. The van der Waals surface area contributed by atoms with E-state index >= 15 is 0 Å². The lowest BCUT2D eigenvalue weighted by molar-refractivity contribution is -0.128. The van der Waals surface area contributed by atoms with Crippen LogP contribution in [-0.4, -0.2) is 31.0 Å². The van der Waals surface area contributed by atoms with E-state index in [-0.39, 0.29) is 11.5 Å². The van der Waals surface area contributed by atoms with Crippen LogP contribution in [-0.2, 0) is 11.2 Å². The zero-order valence-corrected chi connectivity index (χ0v) is 17.0. The lowest BCUT2D eigenvalue weighted by Gasteiger charge is -2.32. The molecule has 1 heterocycles. The first-order chi connectivity index (χ1) is 14.1. The molecule has 1 amide bonds. The SMILES string of the molecule is COc1ccc(C)cc1N/C=C(/C#N)C(=O)N1CCC(Cc2ccccc2)CC1. The normalized spacial score (nSPS) is 14.9. The number of aryl methyl sites for hydroxylation is 1. The van der Waals surface area contributed by atoms with Gasteiger partial charge in [-0.15, -0.1) is 0 Å². The number of rotatable bonds is 6. The third kappa shape index (κ3) is 5.39. The number of carbonyl (C=O) groups excluding carboxylic acids is 1. The Hall–Kier alpha value is -3.26. The highest BCUT2D eigenvalue weighted by molar-refractivity contribution is 5.97. The van der Waals surface area contributed by atoms with E-state index < -0.39 is 0 Å². The summed E-state index contributed by atoms with van der Waals surface area (Å²) in [5, 5.41) is 12.6. The number of nitriles is 1. The first-order valence-electron chi connectivity index (χ1n) is 9.95. The van der Waals surface area contributed by atoms with Gasteiger partial charge in [-0.2, -0.15) is 5.26 Å². The molecule has 5 nitrogen and oxygen atoms in total. The van der Waals surface area contributed by atoms with Gasteiger partial charge in [0.25, 0.3) is 5.91 Å². The Morgan fingerprint density at radius 2 is 1.97 bits per heavy atom. The van der Waals surface area contributed by atoms with E-state index in [1.807, 2.05) is 37.3 Å². The van der Waals surface area contributed by atoms with Crippen molar-refractivity contribution in [1.82, 2.24) is 4.90 Å². The highest BCUT2D eigenvalue weighted by Crippen LogP contribution is 2.26. The van der Waals surface area contributed by atoms with Crippen LogP contribution < -0.4 is 10.1 Å². The molecule has 0 saturated carbocycles. The summed E-state index contributed by atoms with van der Waals surface area (Å²) in [6.45, 7) is 3.34. The Kier molecular flexibility index (Phi) is 6.91. The molecular weight excluding hydrogens is 362 g/mol. The predicted octanol–water partition coefficient (Wildman–Crippen LogP) is 4.30. The molecule has 0 atom stereocenters. The second-order valence-corrected chi connectivity index (χ2v) is 7.44. The third-order valence-corrected chi connectivity index (χ3v) is 5.35. The van der Waals surface area contributed by atoms with Gasteiger partial charge in [0.15, 0.2) is 0 Å². The van der Waals surface area contributed by atoms with Crippen LogP contribution in [0.3, 0.4) is 0 Å². The van der Waals surface area contributed by atoms with Crippen molar-refractivity contribution in [3.05, 3.63) is 71.4 Å². The highest BCUT2D eigenvalue weighted by atomic mass is 16.5. The quantitative estimate of drug-likeness (QED) is 0.591. The van der Waals surface area contributed by atoms with Gasteiger partial charge in [-0.05, 0) is 55.4 Å². The monoisotopic (exact) mass is 389 g/mol. The van der Waals surface area contributed by atoms with Crippen molar-refractivity contribution < 1.29 is 9.53 Å². The minimum absolute atomic E-state index is 0.107. The average molecular weight is 389 g/mol. The molecule has 150 valence electrons. The molecule has 3 rings (SSSR count). The van der Waals surface area contributed by atoms with Gasteiger partial charge < -0.3 is 15.0 Å². The molecule has 1 aliphatic rings. The molecule has 29 heavy (non-hydrogen) atoms. The predicted molar refractivity (Wildman–Crippen MR) is 114 cm³/mol. The van der Waals surface area contributed by atoms with Crippen molar-refractivity contribution in [2.24, 2.45) is 5.92 Å². The maximum absolute atomic E-state index is 12.8. The number of nitrogens with zero attached hydrogens (tertiary/aromatic N) is 2. The summed E-state index contributed by atoms with van der Waals surface area (Å²) in [6, 6.07) is 18.2. The topological polar surface area (TPSA) is 65.4 Å². The molecule has 0 aromatic heterocycles. The van der Waals surface area contributed by atoms with Gasteiger partial charge >= 0.3 is 0 Å². The third-order valence-electron chi connectivity index (χ3n) is 5.35. The summed E-state index contributed by atoms with van der Waals surface area (Å²) in [5.74, 6) is 1.02. The van der Waals surface area contributed by atoms with E-state index in [1.54, 1.807) is 12.0 Å². The van der Waals surface area contributed by atoms with E-state index in [2.05, 4.69) is 29.6 Å². The second kappa shape index (κ2) is 9.79. The van der Waals surface area contributed by atoms with Gasteiger partial charge in [0, 0.05) is 19.3 Å². The molecule has 0 radical (unpaired) electrons. The van der Waals surface area contributed by atoms with Gasteiger partial charge in [-0.1, -0.05) is 36.4 Å². The summed E-state index contributed by atoms with van der Waals surface area (Å²) < 4.78 is 5.33. The number of likely N-dealkylation sites (tertiary alicyclic amines) is 1. The molecule has 0 unspecified atom stereocenters. The van der Waals surface area contributed by atoms with E-state index in [9.17, 15) is 10.1 Å². The largest absolute Gasteiger partial charge is 0.495 e. The molecule has 1 N–H and O–H groups in total. The summed E-state index contributed by atoms with van der Waals surface area (Å²) >= 11 is 0. The van der Waals surface area contributed by atoms with E-state index in [4.69, 9.17) is 4.74 Å². The Morgan fingerprint density at radius 1 is 1.24 bits per heavy atom. The number of benzene rings is 2. The van der Waals surface area contributed by atoms with Crippen molar-refractivity contribution in [3.63, 3.8) is 0 Å². The van der Waals surface area contributed by atoms with Crippen molar-refractivity contribution in [2.75, 3.05) is 25.5 Å². The number of nitrogens with one attached hydrogen (secondary N) is 1. The van der Waals surface area contributed by atoms with Crippen molar-refractivity contribution in [1.29, 1.82) is 5.26 Å². The first kappa shape index (κ1) is 20.5. The smallest absolute Gasteiger partial charge is 0.266 e. The molecule has 2 aromatic rings. The van der Waals surface area contributed by atoms with E-state index in [1.165, 1.54) is 11.8 Å². The molecule has 2 aromatic carbocycles. The summed E-state index contributed by atoms with van der Waals surface area (Å²) in [7, 11) is 1.59. The second-order valence-electron chi connectivity index (χ2n) is 7.44. The fraction of sp³-hybridized carbons (Fsp3) is 0.333. The number of carbonyl (C=O) groups is 1. The van der Waals surface area contributed by atoms with Crippen molar-refractivity contribution in [3.8, 4) is 11.8 Å². The molecule has 0 bridgehead atoms. The lowest BCUT2D eigenvalue weighted by atomic mass is 9.90. The average Bonchev–Trinajstić information content (AvgIpc) is 2.75. The molecule has 5 heteroatoms. The number of hydrogen-bond donors (Lipinski definition) is 1. The molecule has 1 aliphatic heterocycles. The Morgan fingerprint density at radius 3 is 2.62 bits per heavy atom. The summed E-state index contributed by atoms with van der Waals surface area (Å²) in [5.41, 5.74) is 3.24. The maximum atomic E-state index is 12.8. The number of anilines is 1.